The van der Waals surface area contributed by atoms with E-state index in [0.29, 0.717) is 0 Å². The van der Waals surface area contributed by atoms with Crippen LogP contribution in [0.2, 0.25) is 0 Å². The van der Waals surface area contributed by atoms with E-state index in [2.05, 4.69) is 5.32 Å². The summed E-state index contributed by atoms with van der Waals surface area (Å²) in [4.78, 5) is 0. The van der Waals surface area contributed by atoms with Crippen molar-refractivity contribution >= 4 is 0 Å². The van der Waals surface area contributed by atoms with Gasteiger partial charge in [-0.3, -0.25) is 0 Å². The van der Waals surface area contributed by atoms with Gasteiger partial charge >= 0.3 is 0 Å². The number of nitrogens with one attached hydrogen (secondary N) is 1. The summed E-state index contributed by atoms with van der Waals surface area (Å²) in [6.07, 6.45) is 5.57. The molecule has 2 nitrogen and oxygen atoms in total. The van der Waals surface area contributed by atoms with Gasteiger partial charge in [-0.25, -0.2) is 0 Å². The van der Waals surface area contributed by atoms with E-state index in [0.717, 1.165) is 12.5 Å². The maximum Gasteiger partial charge on any atom is 0.0581 e. The van der Waals surface area contributed by atoms with Crippen LogP contribution in [0, 0.1) is 5.92 Å². The van der Waals surface area contributed by atoms with E-state index in [4.69, 9.17) is 5.11 Å². The Balaban J connectivity index is 2.01. The predicted octanol–water partition coefficient (Wildman–Crippen LogP) is 1.15. The minimum Gasteiger partial charge on any atom is -0.395 e. The molecule has 2 N–H and O–H groups in total. The molecular formula is C9H19NO. The van der Waals surface area contributed by atoms with Crippen LogP contribution in [0.3, 0.4) is 0 Å². The molecule has 0 radical (unpaired) electrons. The van der Waals surface area contributed by atoms with Gasteiger partial charge in [0.25, 0.3) is 0 Å². The normalized spacial score (nSPS) is 22.4. The van der Waals surface area contributed by atoms with Gasteiger partial charge in [0.15, 0.2) is 0 Å². The third-order valence-corrected chi connectivity index (χ3v) is 2.50. The van der Waals surface area contributed by atoms with Crippen molar-refractivity contribution in [3.05, 3.63) is 0 Å². The highest BCUT2D eigenvalue weighted by Crippen LogP contribution is 2.23. The molecule has 0 amide bonds. The van der Waals surface area contributed by atoms with E-state index in [1.54, 1.807) is 0 Å². The highest BCUT2D eigenvalue weighted by molar-refractivity contribution is 4.71. The van der Waals surface area contributed by atoms with E-state index >= 15 is 0 Å². The van der Waals surface area contributed by atoms with Gasteiger partial charge in [0.1, 0.15) is 0 Å². The second kappa shape index (κ2) is 4.73. The smallest absolute Gasteiger partial charge is 0.0581 e. The summed E-state index contributed by atoms with van der Waals surface area (Å²) in [5, 5.41) is 12.1. The van der Waals surface area contributed by atoms with Gasteiger partial charge in [0.2, 0.25) is 0 Å². The fraction of sp³-hybridized carbons (Fsp3) is 1.00. The molecule has 1 saturated carbocycles. The van der Waals surface area contributed by atoms with Gasteiger partial charge in [-0.2, -0.15) is 0 Å². The fourth-order valence-electron chi connectivity index (χ4n) is 1.65. The summed E-state index contributed by atoms with van der Waals surface area (Å²) in [5.41, 5.74) is 0. The monoisotopic (exact) mass is 157 g/mol. The van der Waals surface area contributed by atoms with E-state index < -0.39 is 0 Å². The van der Waals surface area contributed by atoms with Gasteiger partial charge < -0.3 is 10.4 Å². The maximum absolute atomic E-state index is 8.75. The van der Waals surface area contributed by atoms with E-state index in [-0.39, 0.29) is 12.6 Å². The Morgan fingerprint density at radius 2 is 2.09 bits per heavy atom. The van der Waals surface area contributed by atoms with Gasteiger partial charge in [-0.15, -0.1) is 0 Å². The second-order valence-electron chi connectivity index (χ2n) is 3.64. The first-order valence-corrected chi connectivity index (χ1v) is 4.67. The average molecular weight is 157 g/mol. The first kappa shape index (κ1) is 9.01. The Morgan fingerprint density at radius 1 is 1.45 bits per heavy atom. The Kier molecular flexibility index (Phi) is 3.87. The van der Waals surface area contributed by atoms with Crippen LogP contribution in [0.25, 0.3) is 0 Å². The minimum atomic E-state index is 0.257. The molecule has 0 saturated heterocycles. The van der Waals surface area contributed by atoms with E-state index in [9.17, 15) is 0 Å². The first-order valence-electron chi connectivity index (χ1n) is 4.67. The molecule has 1 aliphatic rings. The number of hydrogen-bond acceptors (Lipinski definition) is 2. The van der Waals surface area contributed by atoms with Crippen LogP contribution in [0.1, 0.15) is 32.6 Å². The van der Waals surface area contributed by atoms with Crippen LogP contribution >= 0.6 is 0 Å². The molecule has 1 rings (SSSR count). The summed E-state index contributed by atoms with van der Waals surface area (Å²) < 4.78 is 0. The molecule has 1 fully saturated rings. The number of hydrogen-bond donors (Lipinski definition) is 2. The maximum atomic E-state index is 8.75. The molecule has 66 valence electrons. The van der Waals surface area contributed by atoms with Gasteiger partial charge in [0, 0.05) is 6.04 Å². The van der Waals surface area contributed by atoms with Crippen LogP contribution < -0.4 is 5.32 Å². The molecule has 0 aromatic carbocycles. The van der Waals surface area contributed by atoms with Gasteiger partial charge in [-0.05, 0) is 32.2 Å². The lowest BCUT2D eigenvalue weighted by Gasteiger charge is -2.14. The molecule has 0 bridgehead atoms. The van der Waals surface area contributed by atoms with E-state index in [1.165, 1.54) is 25.7 Å². The molecule has 11 heavy (non-hydrogen) atoms. The summed E-state index contributed by atoms with van der Waals surface area (Å²) in [6.45, 7) is 3.38. The lowest BCUT2D eigenvalue weighted by atomic mass is 10.1. The molecule has 0 aliphatic heterocycles. The first-order chi connectivity index (χ1) is 5.33. The summed E-state index contributed by atoms with van der Waals surface area (Å²) in [7, 11) is 0. The van der Waals surface area contributed by atoms with Crippen molar-refractivity contribution < 1.29 is 5.11 Å². The minimum absolute atomic E-state index is 0.257. The summed E-state index contributed by atoms with van der Waals surface area (Å²) >= 11 is 0. The lowest BCUT2D eigenvalue weighted by Crippen LogP contribution is -2.32. The van der Waals surface area contributed by atoms with Crippen molar-refractivity contribution in [2.24, 2.45) is 5.92 Å². The SMILES string of the molecule is C[C@H](CO)NCC1CCCC1. The summed E-state index contributed by atoms with van der Waals surface area (Å²) in [5.74, 6) is 0.879. The van der Waals surface area contributed by atoms with Crippen molar-refractivity contribution in [1.29, 1.82) is 0 Å². The van der Waals surface area contributed by atoms with Gasteiger partial charge in [0.05, 0.1) is 6.61 Å². The van der Waals surface area contributed by atoms with Crippen LogP contribution in [0.5, 0.6) is 0 Å². The van der Waals surface area contributed by atoms with Crippen LogP contribution in [-0.4, -0.2) is 24.3 Å². The zero-order valence-electron chi connectivity index (χ0n) is 7.34. The molecule has 2 heteroatoms. The van der Waals surface area contributed by atoms with Crippen LogP contribution in [0.4, 0.5) is 0 Å². The molecule has 0 heterocycles. The number of rotatable bonds is 4. The van der Waals surface area contributed by atoms with Crippen molar-refractivity contribution in [3.8, 4) is 0 Å². The quantitative estimate of drug-likeness (QED) is 0.641. The lowest BCUT2D eigenvalue weighted by molar-refractivity contribution is 0.246. The van der Waals surface area contributed by atoms with Crippen LogP contribution in [-0.2, 0) is 0 Å². The van der Waals surface area contributed by atoms with Crippen LogP contribution in [0.15, 0.2) is 0 Å². The topological polar surface area (TPSA) is 32.3 Å². The standard InChI is InChI=1S/C9H19NO/c1-8(7-11)10-6-9-4-2-3-5-9/h8-11H,2-7H2,1H3/t8-/m1/s1. The largest absolute Gasteiger partial charge is 0.395 e. The highest BCUT2D eigenvalue weighted by atomic mass is 16.3. The molecule has 0 unspecified atom stereocenters. The van der Waals surface area contributed by atoms with Crippen molar-refractivity contribution in [3.63, 3.8) is 0 Å². The Hall–Kier alpha value is -0.0800. The molecule has 0 aromatic heterocycles. The molecule has 1 atom stereocenters. The van der Waals surface area contributed by atoms with Crippen molar-refractivity contribution in [2.45, 2.75) is 38.6 Å². The fourth-order valence-corrected chi connectivity index (χ4v) is 1.65. The average Bonchev–Trinajstić information content (AvgIpc) is 2.52. The number of aliphatic hydroxyl groups excluding tert-OH is 1. The predicted molar refractivity (Wildman–Crippen MR) is 46.5 cm³/mol. The zero-order valence-corrected chi connectivity index (χ0v) is 7.34. The highest BCUT2D eigenvalue weighted by Gasteiger charge is 2.14. The second-order valence-corrected chi connectivity index (χ2v) is 3.64. The molecule has 1 aliphatic carbocycles. The Labute approximate surface area is 69.0 Å². The zero-order chi connectivity index (χ0) is 8.10. The Bertz CT molecular complexity index is 99.7. The van der Waals surface area contributed by atoms with Gasteiger partial charge in [-0.1, -0.05) is 12.8 Å². The molecular weight excluding hydrogens is 138 g/mol. The molecule has 0 aromatic rings. The number of aliphatic hydroxyl groups is 1. The third kappa shape index (κ3) is 3.21. The summed E-state index contributed by atoms with van der Waals surface area (Å²) in [6, 6.07) is 0.274. The molecule has 0 spiro atoms. The van der Waals surface area contributed by atoms with E-state index in [1.807, 2.05) is 6.92 Å². The third-order valence-electron chi connectivity index (χ3n) is 2.50. The van der Waals surface area contributed by atoms with Crippen molar-refractivity contribution in [2.75, 3.05) is 13.2 Å². The van der Waals surface area contributed by atoms with Crippen molar-refractivity contribution in [1.82, 2.24) is 5.32 Å². The Morgan fingerprint density at radius 3 is 2.64 bits per heavy atom.